The van der Waals surface area contributed by atoms with Crippen molar-refractivity contribution < 1.29 is 67.3 Å². The number of halogens is 1. The Morgan fingerprint density at radius 2 is 1.60 bits per heavy atom. The van der Waals surface area contributed by atoms with E-state index in [1.165, 1.54) is 13.8 Å². The SMILES string of the molecule is [B]O[C@H]1[C@@H]2[C@]3(OC(C)=O)O[C@@H]3C[C@H](O)[C@@]2(C)C(=O)[C@H](OC(C)=O)C2=C(C)[C@@H](OC(=O)[C@H](OC(=O)CCl)[C@@H](NC(=O)c3ccccc3)c3ccccc3)C[C@]1(O)C2(C)C. The molecule has 3 aliphatic carbocycles. The molecule has 17 heteroatoms. The van der Waals surface area contributed by atoms with Gasteiger partial charge in [-0.2, -0.15) is 0 Å². The zero-order valence-electron chi connectivity index (χ0n) is 32.8. The van der Waals surface area contributed by atoms with Gasteiger partial charge in [-0.1, -0.05) is 62.4 Å². The van der Waals surface area contributed by atoms with Crippen molar-refractivity contribution >= 4 is 55.2 Å². The number of fused-ring (bicyclic) bond motifs is 5. The highest BCUT2D eigenvalue weighted by molar-refractivity contribution is 6.26. The Morgan fingerprint density at radius 1 is 0.983 bits per heavy atom. The molecule has 1 aliphatic heterocycles. The third-order valence-corrected chi connectivity index (χ3v) is 12.5. The molecule has 3 fully saturated rings. The first-order chi connectivity index (χ1) is 27.3. The van der Waals surface area contributed by atoms with Gasteiger partial charge in [-0.3, -0.25) is 24.0 Å². The van der Waals surface area contributed by atoms with E-state index in [0.29, 0.717) is 5.56 Å². The van der Waals surface area contributed by atoms with Crippen molar-refractivity contribution in [1.29, 1.82) is 0 Å². The van der Waals surface area contributed by atoms with Gasteiger partial charge in [-0.15, -0.1) is 11.6 Å². The second-order valence-electron chi connectivity index (χ2n) is 15.9. The van der Waals surface area contributed by atoms with Crippen molar-refractivity contribution in [2.75, 3.05) is 5.88 Å². The first-order valence-corrected chi connectivity index (χ1v) is 19.2. The summed E-state index contributed by atoms with van der Waals surface area (Å²) in [7, 11) is 6.04. The number of ether oxygens (including phenoxy) is 5. The number of carbonyl (C=O) groups excluding carboxylic acids is 6. The van der Waals surface area contributed by atoms with Crippen LogP contribution in [-0.2, 0) is 52.3 Å². The molecule has 308 valence electrons. The molecule has 58 heavy (non-hydrogen) atoms. The summed E-state index contributed by atoms with van der Waals surface area (Å²) < 4.78 is 34.8. The Morgan fingerprint density at radius 3 is 2.17 bits per heavy atom. The molecular weight excluding hydrogens is 777 g/mol. The largest absolute Gasteiger partial charge is 0.455 e. The van der Waals surface area contributed by atoms with E-state index in [4.69, 9.17) is 48.0 Å². The minimum absolute atomic E-state index is 0.0137. The van der Waals surface area contributed by atoms with Crippen molar-refractivity contribution in [3.63, 3.8) is 0 Å². The molecule has 2 aromatic carbocycles. The van der Waals surface area contributed by atoms with Crippen molar-refractivity contribution in [1.82, 2.24) is 5.32 Å². The summed E-state index contributed by atoms with van der Waals surface area (Å²) >= 11 is 5.84. The van der Waals surface area contributed by atoms with Gasteiger partial charge in [-0.25, -0.2) is 4.79 Å². The number of aliphatic hydroxyl groups excluding tert-OH is 1. The Hall–Kier alpha value is -4.61. The fraction of sp³-hybridized carbons (Fsp3) is 0.512. The van der Waals surface area contributed by atoms with E-state index in [9.17, 15) is 34.2 Å². The van der Waals surface area contributed by atoms with E-state index in [0.717, 1.165) is 13.8 Å². The lowest BCUT2D eigenvalue weighted by molar-refractivity contribution is -0.246. The smallest absolute Gasteiger partial charge is 0.350 e. The van der Waals surface area contributed by atoms with Crippen LogP contribution in [0.3, 0.4) is 0 Å². The van der Waals surface area contributed by atoms with E-state index in [1.54, 1.807) is 74.5 Å². The quantitative estimate of drug-likeness (QED) is 0.0743. The molecule has 2 radical (unpaired) electrons. The molecule has 1 heterocycles. The summed E-state index contributed by atoms with van der Waals surface area (Å²) in [6.07, 6.45) is -9.91. The molecule has 2 saturated carbocycles. The maximum Gasteiger partial charge on any atom is 0.350 e. The highest BCUT2D eigenvalue weighted by Crippen LogP contribution is 2.66. The summed E-state index contributed by atoms with van der Waals surface area (Å²) in [5.41, 5.74) is -5.08. The fourth-order valence-electron chi connectivity index (χ4n) is 9.29. The van der Waals surface area contributed by atoms with E-state index in [-0.39, 0.29) is 23.1 Å². The van der Waals surface area contributed by atoms with Gasteiger partial charge in [0.25, 0.3) is 14.0 Å². The number of amides is 1. The minimum atomic E-state index is -2.28. The number of ketones is 1. The molecule has 1 saturated heterocycles. The molecule has 3 N–H and O–H groups in total. The van der Waals surface area contributed by atoms with Crippen molar-refractivity contribution in [3.8, 4) is 0 Å². The Balaban J connectivity index is 1.50. The zero-order valence-corrected chi connectivity index (χ0v) is 33.5. The first-order valence-electron chi connectivity index (χ1n) is 18.7. The average Bonchev–Trinajstić information content (AvgIpc) is 3.87. The number of epoxide rings is 1. The molecule has 1 amide bonds. The normalized spacial score (nSPS) is 33.1. The fourth-order valence-corrected chi connectivity index (χ4v) is 9.36. The van der Waals surface area contributed by atoms with Gasteiger partial charge in [0.15, 0.2) is 11.9 Å². The van der Waals surface area contributed by atoms with E-state index < -0.39 is 119 Å². The number of esters is 4. The van der Waals surface area contributed by atoms with Crippen LogP contribution in [0, 0.1) is 16.7 Å². The predicted octanol–water partition coefficient (Wildman–Crippen LogP) is 2.73. The molecule has 0 unspecified atom stereocenters. The lowest BCUT2D eigenvalue weighted by Crippen LogP contribution is -2.73. The molecule has 2 aromatic rings. The molecular formula is C41H45BClNO14. The maximum atomic E-state index is 15.1. The number of rotatable bonds is 11. The summed E-state index contributed by atoms with van der Waals surface area (Å²) in [4.78, 5) is 81.4. The third-order valence-electron chi connectivity index (χ3n) is 12.3. The monoisotopic (exact) mass is 821 g/mol. The van der Waals surface area contributed by atoms with Crippen LogP contribution in [0.1, 0.15) is 76.3 Å². The number of hydrogen-bond donors (Lipinski definition) is 3. The summed E-state index contributed by atoms with van der Waals surface area (Å²) in [6, 6.07) is 15.0. The van der Waals surface area contributed by atoms with Gasteiger partial charge in [0.2, 0.25) is 11.9 Å². The lowest BCUT2D eigenvalue weighted by Gasteiger charge is -2.61. The number of carbonyl (C=O) groups is 6. The Bertz CT molecular complexity index is 2010. The maximum absolute atomic E-state index is 15.1. The van der Waals surface area contributed by atoms with Crippen LogP contribution in [0.2, 0.25) is 0 Å². The van der Waals surface area contributed by atoms with Crippen LogP contribution >= 0.6 is 11.6 Å². The summed E-state index contributed by atoms with van der Waals surface area (Å²) in [5, 5.41) is 27.6. The van der Waals surface area contributed by atoms with Gasteiger partial charge in [0.1, 0.15) is 29.7 Å². The molecule has 6 rings (SSSR count). The number of hydrogen-bond acceptors (Lipinski definition) is 14. The minimum Gasteiger partial charge on any atom is -0.455 e. The lowest BCUT2D eigenvalue weighted by atomic mass is 9.47. The van der Waals surface area contributed by atoms with Crippen LogP contribution in [0.5, 0.6) is 0 Å². The Labute approximate surface area is 341 Å². The van der Waals surface area contributed by atoms with Crippen LogP contribution in [0.15, 0.2) is 71.8 Å². The molecule has 11 atom stereocenters. The van der Waals surface area contributed by atoms with Gasteiger partial charge < -0.3 is 43.9 Å². The number of nitrogens with one attached hydrogen (secondary N) is 1. The van der Waals surface area contributed by atoms with Crippen molar-refractivity contribution in [2.24, 2.45) is 16.7 Å². The highest BCUT2D eigenvalue weighted by Gasteiger charge is 2.81. The van der Waals surface area contributed by atoms with Crippen LogP contribution in [0.25, 0.3) is 0 Å². The molecule has 15 nitrogen and oxygen atoms in total. The van der Waals surface area contributed by atoms with Crippen molar-refractivity contribution in [2.45, 2.75) is 108 Å². The second kappa shape index (κ2) is 15.9. The third kappa shape index (κ3) is 7.12. The Kier molecular flexibility index (Phi) is 11.8. The predicted molar refractivity (Wildman–Crippen MR) is 202 cm³/mol. The number of Topliss-reactive ketones (excluding diaryl/α,β-unsaturated/α-hetero) is 1. The second-order valence-corrected chi connectivity index (χ2v) is 16.2. The van der Waals surface area contributed by atoms with Crippen LogP contribution < -0.4 is 5.32 Å². The molecule has 0 spiro atoms. The average molecular weight is 822 g/mol. The van der Waals surface area contributed by atoms with E-state index in [2.05, 4.69) is 5.32 Å². The van der Waals surface area contributed by atoms with Gasteiger partial charge >= 0.3 is 23.9 Å². The van der Waals surface area contributed by atoms with Gasteiger partial charge in [0, 0.05) is 37.7 Å². The van der Waals surface area contributed by atoms with Crippen molar-refractivity contribution in [3.05, 3.63) is 82.9 Å². The zero-order chi connectivity index (χ0) is 42.5. The number of alkyl halides is 1. The first kappa shape index (κ1) is 43.0. The van der Waals surface area contributed by atoms with Gasteiger partial charge in [0.05, 0.1) is 23.5 Å². The van der Waals surface area contributed by atoms with Crippen LogP contribution in [0.4, 0.5) is 0 Å². The highest BCUT2D eigenvalue weighted by atomic mass is 35.5. The molecule has 0 aromatic heterocycles. The summed E-state index contributed by atoms with van der Waals surface area (Å²) in [6.45, 7) is 8.21. The van der Waals surface area contributed by atoms with Gasteiger partial charge in [-0.05, 0) is 42.7 Å². The summed E-state index contributed by atoms with van der Waals surface area (Å²) in [5.74, 6) is -9.46. The molecule has 4 aliphatic rings. The topological polar surface area (TPSA) is 214 Å². The van der Waals surface area contributed by atoms with E-state index >= 15 is 4.79 Å². The number of benzene rings is 2. The van der Waals surface area contributed by atoms with Crippen LogP contribution in [-0.4, -0.2) is 108 Å². The van der Waals surface area contributed by atoms with E-state index in [1.807, 2.05) is 0 Å². The number of aliphatic hydroxyl groups is 2. The molecule has 2 bridgehead atoms. The standard InChI is InChI=1S/C41H45BClNO14/c1-20-25(54-37(51)32(55-28(48)19-43)30(23-13-9-7-10-14-23)44-36(50)24-15-11-8-12-16-24)18-40(52)35(58-42)33-39(6,26(47)17-27-41(33,57-27)56-22(3)46)34(49)31(53-21(2)45)29(20)38(40,4)5/h7-16,25-27,30-33,35,47,52H,17-19H2,1-6H3,(H,44,50)/t25-,26-,27+,30-,31+,32+,33-,35-,39+,40+,41+/m0/s1.